The van der Waals surface area contributed by atoms with Crippen LogP contribution in [0.1, 0.15) is 0 Å². The first-order chi connectivity index (χ1) is 7.83. The van der Waals surface area contributed by atoms with Gasteiger partial charge in [-0.1, -0.05) is 11.6 Å². The molecule has 84 valence electrons. The second-order valence-corrected chi connectivity index (χ2v) is 4.26. The zero-order valence-electron chi connectivity index (χ0n) is 8.74. The highest BCUT2D eigenvalue weighted by atomic mass is 35.5. The number of fused-ring (bicyclic) bond motifs is 1. The summed E-state index contributed by atoms with van der Waals surface area (Å²) in [6, 6.07) is 5.68. The summed E-state index contributed by atoms with van der Waals surface area (Å²) in [5.74, 6) is 0.903. The van der Waals surface area contributed by atoms with Gasteiger partial charge < -0.3 is 14.6 Å². The Balaban J connectivity index is 1.97. The summed E-state index contributed by atoms with van der Waals surface area (Å²) in [4.78, 5) is 10.0. The Morgan fingerprint density at radius 3 is 2.94 bits per heavy atom. The lowest BCUT2D eigenvalue weighted by Crippen LogP contribution is -2.36. The Kier molecular flexibility index (Phi) is 2.46. The number of benzene rings is 1. The predicted octanol–water partition coefficient (Wildman–Crippen LogP) is 2.05. The second-order valence-electron chi connectivity index (χ2n) is 3.82. The first kappa shape index (κ1) is 9.93. The molecule has 2 aromatic rings. The number of hydrogen-bond acceptors (Lipinski definition) is 3. The maximum absolute atomic E-state index is 5.93. The minimum Gasteiger partial charge on any atom is -0.378 e. The van der Waals surface area contributed by atoms with Crippen molar-refractivity contribution in [1.82, 2.24) is 9.97 Å². The zero-order valence-corrected chi connectivity index (χ0v) is 9.50. The number of aromatic amines is 1. The minimum atomic E-state index is 0.727. The Hall–Kier alpha value is -1.26. The summed E-state index contributed by atoms with van der Waals surface area (Å²) in [6.07, 6.45) is 0. The van der Waals surface area contributed by atoms with Gasteiger partial charge in [-0.2, -0.15) is 0 Å². The topological polar surface area (TPSA) is 41.2 Å². The maximum atomic E-state index is 5.93. The molecule has 0 amide bonds. The molecule has 1 saturated heterocycles. The Bertz CT molecular complexity index is 505. The Morgan fingerprint density at radius 1 is 1.31 bits per heavy atom. The first-order valence-electron chi connectivity index (χ1n) is 5.31. The van der Waals surface area contributed by atoms with Crippen molar-refractivity contribution in [1.29, 1.82) is 0 Å². The molecule has 0 atom stereocenters. The van der Waals surface area contributed by atoms with Gasteiger partial charge in [0.05, 0.1) is 24.2 Å². The van der Waals surface area contributed by atoms with Crippen LogP contribution in [0.5, 0.6) is 0 Å². The van der Waals surface area contributed by atoms with Gasteiger partial charge in [-0.15, -0.1) is 0 Å². The van der Waals surface area contributed by atoms with Gasteiger partial charge in [0.15, 0.2) is 0 Å². The monoisotopic (exact) mass is 237 g/mol. The van der Waals surface area contributed by atoms with Crippen LogP contribution in [-0.2, 0) is 4.74 Å². The minimum absolute atomic E-state index is 0.727. The molecule has 0 aliphatic carbocycles. The standard InChI is InChI=1S/C11H12ClN3O/c12-8-1-2-9-10(7-8)14-11(13-9)15-3-5-16-6-4-15/h1-2,7H,3-6H2,(H,13,14). The van der Waals surface area contributed by atoms with Gasteiger partial charge in [0.1, 0.15) is 0 Å². The SMILES string of the molecule is Clc1ccc2nc(N3CCOCC3)[nH]c2c1. The smallest absolute Gasteiger partial charge is 0.203 e. The molecule has 1 N–H and O–H groups in total. The molecule has 1 aliphatic heterocycles. The molecule has 0 unspecified atom stereocenters. The number of nitrogens with zero attached hydrogens (tertiary/aromatic N) is 2. The molecule has 4 nitrogen and oxygen atoms in total. The van der Waals surface area contributed by atoms with E-state index in [4.69, 9.17) is 16.3 Å². The van der Waals surface area contributed by atoms with Crippen molar-refractivity contribution in [3.05, 3.63) is 23.2 Å². The van der Waals surface area contributed by atoms with E-state index in [9.17, 15) is 0 Å². The van der Waals surface area contributed by atoms with Crippen molar-refractivity contribution in [3.63, 3.8) is 0 Å². The summed E-state index contributed by atoms with van der Waals surface area (Å²) >= 11 is 5.93. The van der Waals surface area contributed by atoms with E-state index in [1.807, 2.05) is 18.2 Å². The molecule has 1 aromatic heterocycles. The van der Waals surface area contributed by atoms with E-state index < -0.39 is 0 Å². The third-order valence-corrected chi connectivity index (χ3v) is 2.98. The van der Waals surface area contributed by atoms with Gasteiger partial charge in [-0.05, 0) is 18.2 Å². The number of ether oxygens (including phenoxy) is 1. The predicted molar refractivity (Wildman–Crippen MR) is 64.1 cm³/mol. The number of hydrogen-bond donors (Lipinski definition) is 1. The van der Waals surface area contributed by atoms with E-state index in [1.54, 1.807) is 0 Å². The van der Waals surface area contributed by atoms with E-state index in [0.717, 1.165) is 48.3 Å². The lowest BCUT2D eigenvalue weighted by Gasteiger charge is -2.26. The summed E-state index contributed by atoms with van der Waals surface area (Å²) in [5, 5.41) is 0.727. The number of halogens is 1. The number of nitrogens with one attached hydrogen (secondary N) is 1. The number of H-pyrrole nitrogens is 1. The number of aromatic nitrogens is 2. The molecule has 5 heteroatoms. The zero-order chi connectivity index (χ0) is 11.0. The molecule has 1 aliphatic rings. The average Bonchev–Trinajstić information content (AvgIpc) is 2.73. The molecular weight excluding hydrogens is 226 g/mol. The van der Waals surface area contributed by atoms with Gasteiger partial charge in [0.2, 0.25) is 5.95 Å². The van der Waals surface area contributed by atoms with Crippen LogP contribution < -0.4 is 4.90 Å². The molecule has 3 rings (SSSR count). The fourth-order valence-corrected chi connectivity index (χ4v) is 2.07. The number of anilines is 1. The molecule has 1 aromatic carbocycles. The van der Waals surface area contributed by atoms with Crippen LogP contribution in [0.3, 0.4) is 0 Å². The fourth-order valence-electron chi connectivity index (χ4n) is 1.89. The van der Waals surface area contributed by atoms with E-state index in [2.05, 4.69) is 14.9 Å². The van der Waals surface area contributed by atoms with Crippen LogP contribution >= 0.6 is 11.6 Å². The van der Waals surface area contributed by atoms with Crippen molar-refractivity contribution in [3.8, 4) is 0 Å². The van der Waals surface area contributed by atoms with Crippen LogP contribution in [0, 0.1) is 0 Å². The van der Waals surface area contributed by atoms with Gasteiger partial charge in [-0.3, -0.25) is 0 Å². The van der Waals surface area contributed by atoms with Gasteiger partial charge in [-0.25, -0.2) is 4.98 Å². The van der Waals surface area contributed by atoms with E-state index in [-0.39, 0.29) is 0 Å². The quantitative estimate of drug-likeness (QED) is 0.826. The van der Waals surface area contributed by atoms with Gasteiger partial charge >= 0.3 is 0 Å². The summed E-state index contributed by atoms with van der Waals surface area (Å²) in [5.41, 5.74) is 1.93. The average molecular weight is 238 g/mol. The van der Waals surface area contributed by atoms with Gasteiger partial charge in [0, 0.05) is 18.1 Å². The third kappa shape index (κ3) is 1.74. The van der Waals surface area contributed by atoms with Crippen LogP contribution in [-0.4, -0.2) is 36.3 Å². The van der Waals surface area contributed by atoms with E-state index in [0.29, 0.717) is 0 Å². The van der Waals surface area contributed by atoms with Crippen molar-refractivity contribution in [2.24, 2.45) is 0 Å². The lowest BCUT2D eigenvalue weighted by molar-refractivity contribution is 0.122. The van der Waals surface area contributed by atoms with Crippen LogP contribution in [0.15, 0.2) is 18.2 Å². The van der Waals surface area contributed by atoms with Crippen LogP contribution in [0.2, 0.25) is 5.02 Å². The van der Waals surface area contributed by atoms with Crippen molar-refractivity contribution < 1.29 is 4.74 Å². The molecule has 0 radical (unpaired) electrons. The highest BCUT2D eigenvalue weighted by Gasteiger charge is 2.14. The summed E-state index contributed by atoms with van der Waals surface area (Å²) in [7, 11) is 0. The van der Waals surface area contributed by atoms with Crippen molar-refractivity contribution in [2.45, 2.75) is 0 Å². The fraction of sp³-hybridized carbons (Fsp3) is 0.364. The molecule has 0 spiro atoms. The maximum Gasteiger partial charge on any atom is 0.203 e. The van der Waals surface area contributed by atoms with Crippen LogP contribution in [0.4, 0.5) is 5.95 Å². The second kappa shape index (κ2) is 3.96. The molecule has 0 bridgehead atoms. The van der Waals surface area contributed by atoms with E-state index >= 15 is 0 Å². The molecular formula is C11H12ClN3O. The largest absolute Gasteiger partial charge is 0.378 e. The first-order valence-corrected chi connectivity index (χ1v) is 5.69. The number of morpholine rings is 1. The summed E-state index contributed by atoms with van der Waals surface area (Å²) < 4.78 is 5.31. The number of imidazole rings is 1. The van der Waals surface area contributed by atoms with Crippen LogP contribution in [0.25, 0.3) is 11.0 Å². The Labute approximate surface area is 98.2 Å². The molecule has 2 heterocycles. The third-order valence-electron chi connectivity index (χ3n) is 2.74. The van der Waals surface area contributed by atoms with Crippen molar-refractivity contribution >= 4 is 28.6 Å². The van der Waals surface area contributed by atoms with E-state index in [1.165, 1.54) is 0 Å². The molecule has 16 heavy (non-hydrogen) atoms. The lowest BCUT2D eigenvalue weighted by atomic mass is 10.3. The molecule has 0 saturated carbocycles. The highest BCUT2D eigenvalue weighted by molar-refractivity contribution is 6.31. The van der Waals surface area contributed by atoms with Gasteiger partial charge in [0.25, 0.3) is 0 Å². The normalized spacial score (nSPS) is 16.9. The van der Waals surface area contributed by atoms with Crippen molar-refractivity contribution in [2.75, 3.05) is 31.2 Å². The number of rotatable bonds is 1. The molecule has 1 fully saturated rings. The Morgan fingerprint density at radius 2 is 2.12 bits per heavy atom. The summed E-state index contributed by atoms with van der Waals surface area (Å²) in [6.45, 7) is 3.29. The highest BCUT2D eigenvalue weighted by Crippen LogP contribution is 2.21.